The molecule has 6 unspecified atom stereocenters. The minimum absolute atomic E-state index is 0.0793. The molecule has 1 saturated heterocycles. The van der Waals surface area contributed by atoms with Crippen molar-refractivity contribution in [3.05, 3.63) is 85.1 Å². The lowest BCUT2D eigenvalue weighted by atomic mass is 9.99. The normalized spacial score (nSPS) is 22.0. The van der Waals surface area contributed by atoms with Crippen LogP contribution in [0.4, 0.5) is 0 Å². The Kier molecular flexibility index (Phi) is 32.0. The lowest BCUT2D eigenvalue weighted by molar-refractivity contribution is -0.305. The Labute approximate surface area is 320 Å². The van der Waals surface area contributed by atoms with E-state index in [0.29, 0.717) is 13.0 Å². The Balaban J connectivity index is 2.40. The van der Waals surface area contributed by atoms with E-state index in [2.05, 4.69) is 86.8 Å². The van der Waals surface area contributed by atoms with Gasteiger partial charge in [0.15, 0.2) is 6.29 Å². The molecule has 0 saturated carbocycles. The molecule has 1 heterocycles. The molecule has 4 N–H and O–H groups in total. The number of aliphatic hydroxyl groups is 4. The molecule has 1 fully saturated rings. The van der Waals surface area contributed by atoms with E-state index in [1.165, 1.54) is 38.5 Å². The second kappa shape index (κ2) is 35.1. The van der Waals surface area contributed by atoms with Crippen LogP contribution >= 0.6 is 0 Å². The highest BCUT2D eigenvalue weighted by Gasteiger charge is 2.44. The molecule has 1 aliphatic rings. The monoisotopic (exact) mass is 745 g/mol. The maximum atomic E-state index is 12.7. The maximum absolute atomic E-state index is 12.7. The zero-order chi connectivity index (χ0) is 38.6. The van der Waals surface area contributed by atoms with Crippen molar-refractivity contribution in [2.75, 3.05) is 26.4 Å². The first kappa shape index (κ1) is 48.4. The van der Waals surface area contributed by atoms with Gasteiger partial charge >= 0.3 is 5.97 Å². The molecule has 0 aromatic carbocycles. The Hall–Kier alpha value is -2.63. The number of hydrogen-bond donors (Lipinski definition) is 4. The molecule has 9 heteroatoms. The quantitative estimate of drug-likeness (QED) is 0.0305. The van der Waals surface area contributed by atoms with Gasteiger partial charge in [-0.1, -0.05) is 137 Å². The van der Waals surface area contributed by atoms with Gasteiger partial charge in [-0.25, -0.2) is 0 Å². The zero-order valence-corrected chi connectivity index (χ0v) is 32.7. The number of unbranched alkanes of at least 4 members (excludes halogenated alkanes) is 8. The standard InChI is InChI=1S/C44H72O9/c1-3-5-7-9-11-13-15-17-19-21-23-25-27-29-31-33-40(46)52-38(37-51-44-43(49)42(48)41(47)39(35-45)53-44)36-50-34-32-30-28-26-24-22-20-18-16-14-12-10-8-6-4-2/h5,7,10-13,16-19,23,25,29,31,38-39,41-45,47-49H,3-4,6,8-9,14-15,20-22,24,26-28,30,32-37H2,1-2H3/b7-5-,12-10-,13-11-,18-16-,19-17-,25-23-,31-29-. The SMILES string of the molecule is CC/C=C\C/C=C\C/C=C\C/C=C\C/C=C\CC(=O)OC(COCCCCCCCC/C=C\C/C=C\CCCC)COC1OC(CO)C(O)C(O)C1O. The summed E-state index contributed by atoms with van der Waals surface area (Å²) in [7, 11) is 0. The molecule has 0 bridgehead atoms. The van der Waals surface area contributed by atoms with Crippen LogP contribution < -0.4 is 0 Å². The molecular weight excluding hydrogens is 672 g/mol. The van der Waals surface area contributed by atoms with Crippen LogP contribution in [0.2, 0.25) is 0 Å². The molecule has 1 rings (SSSR count). The van der Waals surface area contributed by atoms with Crippen LogP contribution in [0.3, 0.4) is 0 Å². The Morgan fingerprint density at radius 1 is 0.623 bits per heavy atom. The Morgan fingerprint density at radius 2 is 1.15 bits per heavy atom. The van der Waals surface area contributed by atoms with E-state index in [1.54, 1.807) is 6.08 Å². The molecule has 0 amide bonds. The van der Waals surface area contributed by atoms with Gasteiger partial charge in [-0.05, 0) is 64.2 Å². The summed E-state index contributed by atoms with van der Waals surface area (Å²) in [6.07, 6.45) is 39.2. The summed E-state index contributed by atoms with van der Waals surface area (Å²) in [5.74, 6) is -0.448. The van der Waals surface area contributed by atoms with E-state index in [-0.39, 0.29) is 19.6 Å². The van der Waals surface area contributed by atoms with E-state index in [0.717, 1.165) is 57.8 Å². The number of hydrogen-bond acceptors (Lipinski definition) is 9. The lowest BCUT2D eigenvalue weighted by Crippen LogP contribution is -2.59. The fourth-order valence-electron chi connectivity index (χ4n) is 5.40. The van der Waals surface area contributed by atoms with Gasteiger partial charge in [0.1, 0.15) is 30.5 Å². The summed E-state index contributed by atoms with van der Waals surface area (Å²) in [6, 6.07) is 0. The van der Waals surface area contributed by atoms with E-state index in [4.69, 9.17) is 18.9 Å². The molecule has 302 valence electrons. The number of allylic oxidation sites excluding steroid dienone is 13. The van der Waals surface area contributed by atoms with Gasteiger partial charge in [-0.2, -0.15) is 0 Å². The van der Waals surface area contributed by atoms with Gasteiger partial charge in [-0.15, -0.1) is 0 Å². The lowest BCUT2D eigenvalue weighted by Gasteiger charge is -2.39. The molecule has 6 atom stereocenters. The third-order valence-electron chi connectivity index (χ3n) is 8.58. The van der Waals surface area contributed by atoms with Crippen molar-refractivity contribution in [3.63, 3.8) is 0 Å². The summed E-state index contributed by atoms with van der Waals surface area (Å²) in [5.41, 5.74) is 0. The molecule has 53 heavy (non-hydrogen) atoms. The van der Waals surface area contributed by atoms with Crippen LogP contribution in [0.25, 0.3) is 0 Å². The number of aliphatic hydroxyl groups excluding tert-OH is 4. The first-order chi connectivity index (χ1) is 25.9. The highest BCUT2D eigenvalue weighted by atomic mass is 16.7. The highest BCUT2D eigenvalue weighted by Crippen LogP contribution is 2.22. The Morgan fingerprint density at radius 3 is 1.74 bits per heavy atom. The summed E-state index contributed by atoms with van der Waals surface area (Å²) in [5, 5.41) is 40.0. The van der Waals surface area contributed by atoms with Crippen LogP contribution in [0.15, 0.2) is 85.1 Å². The fraction of sp³-hybridized carbons (Fsp3) is 0.659. The summed E-state index contributed by atoms with van der Waals surface area (Å²) < 4.78 is 22.6. The average molecular weight is 745 g/mol. The van der Waals surface area contributed by atoms with E-state index in [9.17, 15) is 25.2 Å². The van der Waals surface area contributed by atoms with Gasteiger partial charge in [0.05, 0.1) is 26.2 Å². The van der Waals surface area contributed by atoms with Gasteiger partial charge in [0.25, 0.3) is 0 Å². The number of ether oxygens (including phenoxy) is 4. The minimum atomic E-state index is -1.56. The van der Waals surface area contributed by atoms with Crippen molar-refractivity contribution < 1.29 is 44.2 Å². The van der Waals surface area contributed by atoms with Crippen LogP contribution in [0.5, 0.6) is 0 Å². The third-order valence-corrected chi connectivity index (χ3v) is 8.58. The van der Waals surface area contributed by atoms with Gasteiger partial charge in [-0.3, -0.25) is 4.79 Å². The number of carbonyl (C=O) groups is 1. The molecular formula is C44H72O9. The van der Waals surface area contributed by atoms with E-state index >= 15 is 0 Å². The minimum Gasteiger partial charge on any atom is -0.457 e. The zero-order valence-electron chi connectivity index (χ0n) is 32.7. The summed E-state index contributed by atoms with van der Waals surface area (Å²) in [4.78, 5) is 12.7. The second-order valence-electron chi connectivity index (χ2n) is 13.4. The molecule has 0 spiro atoms. The molecule has 1 aliphatic heterocycles. The second-order valence-corrected chi connectivity index (χ2v) is 13.4. The maximum Gasteiger partial charge on any atom is 0.310 e. The summed E-state index contributed by atoms with van der Waals surface area (Å²) >= 11 is 0. The number of rotatable bonds is 32. The van der Waals surface area contributed by atoms with Crippen LogP contribution in [-0.2, 0) is 23.7 Å². The molecule has 0 radical (unpaired) electrons. The first-order valence-electron chi connectivity index (χ1n) is 20.2. The number of esters is 1. The first-order valence-corrected chi connectivity index (χ1v) is 20.2. The van der Waals surface area contributed by atoms with E-state index in [1.807, 2.05) is 6.08 Å². The highest BCUT2D eigenvalue weighted by molar-refractivity contribution is 5.71. The van der Waals surface area contributed by atoms with Crippen molar-refractivity contribution in [2.24, 2.45) is 0 Å². The predicted molar refractivity (Wildman–Crippen MR) is 214 cm³/mol. The molecule has 0 aliphatic carbocycles. The average Bonchev–Trinajstić information content (AvgIpc) is 3.16. The van der Waals surface area contributed by atoms with Crippen molar-refractivity contribution in [1.82, 2.24) is 0 Å². The van der Waals surface area contributed by atoms with Crippen LogP contribution in [0, 0.1) is 0 Å². The molecule has 9 nitrogen and oxygen atoms in total. The molecule has 0 aromatic rings. The fourth-order valence-corrected chi connectivity index (χ4v) is 5.40. The summed E-state index contributed by atoms with van der Waals surface area (Å²) in [6.45, 7) is 4.22. The van der Waals surface area contributed by atoms with Crippen LogP contribution in [0.1, 0.15) is 123 Å². The smallest absolute Gasteiger partial charge is 0.310 e. The predicted octanol–water partition coefficient (Wildman–Crippen LogP) is 8.30. The van der Waals surface area contributed by atoms with Gasteiger partial charge in [0, 0.05) is 6.61 Å². The number of carbonyl (C=O) groups excluding carboxylic acids is 1. The van der Waals surface area contributed by atoms with Gasteiger partial charge in [0.2, 0.25) is 0 Å². The van der Waals surface area contributed by atoms with Crippen molar-refractivity contribution in [1.29, 1.82) is 0 Å². The van der Waals surface area contributed by atoms with Crippen molar-refractivity contribution in [3.8, 4) is 0 Å². The van der Waals surface area contributed by atoms with Crippen LogP contribution in [-0.4, -0.2) is 89.6 Å². The Bertz CT molecular complexity index is 1070. The topological polar surface area (TPSA) is 135 Å². The van der Waals surface area contributed by atoms with Crippen molar-refractivity contribution in [2.45, 2.75) is 160 Å². The third kappa shape index (κ3) is 26.7. The van der Waals surface area contributed by atoms with Gasteiger partial charge < -0.3 is 39.4 Å². The largest absolute Gasteiger partial charge is 0.457 e. The van der Waals surface area contributed by atoms with Crippen molar-refractivity contribution >= 4 is 5.97 Å². The van der Waals surface area contributed by atoms with E-state index < -0.39 is 49.4 Å². The molecule has 0 aromatic heterocycles.